The van der Waals surface area contributed by atoms with Crippen LogP contribution in [-0.4, -0.2) is 11.3 Å². The van der Waals surface area contributed by atoms with E-state index >= 15 is 0 Å². The Kier molecular flexibility index (Phi) is 3.26. The lowest BCUT2D eigenvalue weighted by atomic mass is 10.1. The molecule has 1 atom stereocenters. The van der Waals surface area contributed by atoms with Crippen LogP contribution in [0, 0.1) is 0 Å². The quantitative estimate of drug-likeness (QED) is 0.719. The maximum atomic E-state index is 10.6. The molecule has 12 heavy (non-hydrogen) atoms. The Labute approximate surface area is 76.3 Å². The topological polar surface area (TPSA) is 43.1 Å². The van der Waals surface area contributed by atoms with E-state index in [4.69, 9.17) is 17.3 Å². The third-order valence-corrected chi connectivity index (χ3v) is 1.87. The molecule has 0 aliphatic heterocycles. The molecule has 0 saturated carbocycles. The van der Waals surface area contributed by atoms with Gasteiger partial charge in [-0.15, -0.1) is 0 Å². The lowest BCUT2D eigenvalue weighted by Gasteiger charge is -2.04. The first kappa shape index (κ1) is 9.23. The Morgan fingerprint density at radius 2 is 2.00 bits per heavy atom. The highest BCUT2D eigenvalue weighted by Gasteiger charge is 2.09. The van der Waals surface area contributed by atoms with Gasteiger partial charge < -0.3 is 5.73 Å². The summed E-state index contributed by atoms with van der Waals surface area (Å²) >= 11 is 5.21. The van der Waals surface area contributed by atoms with Crippen molar-refractivity contribution in [2.45, 2.75) is 12.5 Å². The second-order valence-electron chi connectivity index (χ2n) is 2.60. The first-order valence-electron chi connectivity index (χ1n) is 3.69. The van der Waals surface area contributed by atoms with E-state index in [-0.39, 0.29) is 0 Å². The van der Waals surface area contributed by atoms with Crippen LogP contribution in [0.3, 0.4) is 0 Å². The molecule has 3 heteroatoms. The van der Waals surface area contributed by atoms with Crippen LogP contribution in [-0.2, 0) is 11.2 Å². The van der Waals surface area contributed by atoms with Gasteiger partial charge in [0.2, 0.25) is 5.24 Å². The second kappa shape index (κ2) is 4.24. The molecule has 64 valence electrons. The van der Waals surface area contributed by atoms with E-state index in [1.54, 1.807) is 0 Å². The normalized spacial score (nSPS) is 12.5. The highest BCUT2D eigenvalue weighted by Crippen LogP contribution is 2.03. The minimum Gasteiger partial charge on any atom is -0.320 e. The van der Waals surface area contributed by atoms with E-state index in [2.05, 4.69) is 0 Å². The van der Waals surface area contributed by atoms with Crippen LogP contribution in [0.5, 0.6) is 0 Å². The zero-order chi connectivity index (χ0) is 8.97. The smallest absolute Gasteiger partial charge is 0.238 e. The molecule has 0 aliphatic carbocycles. The van der Waals surface area contributed by atoms with Crippen LogP contribution < -0.4 is 5.73 Å². The number of hydrogen-bond acceptors (Lipinski definition) is 2. The van der Waals surface area contributed by atoms with Gasteiger partial charge in [-0.1, -0.05) is 30.3 Å². The molecule has 0 heterocycles. The van der Waals surface area contributed by atoms with Gasteiger partial charge in [-0.05, 0) is 23.6 Å². The van der Waals surface area contributed by atoms with Gasteiger partial charge in [0.05, 0.1) is 6.04 Å². The fourth-order valence-corrected chi connectivity index (χ4v) is 1.03. The van der Waals surface area contributed by atoms with Crippen molar-refractivity contribution in [2.24, 2.45) is 5.73 Å². The van der Waals surface area contributed by atoms with Crippen molar-refractivity contribution in [2.75, 3.05) is 0 Å². The number of nitrogens with two attached hydrogens (primary N) is 1. The third-order valence-electron chi connectivity index (χ3n) is 1.59. The summed E-state index contributed by atoms with van der Waals surface area (Å²) in [6.45, 7) is 0. The fraction of sp³-hybridized carbons (Fsp3) is 0.222. The fourth-order valence-electron chi connectivity index (χ4n) is 0.948. The summed E-state index contributed by atoms with van der Waals surface area (Å²) < 4.78 is 0. The number of hydrogen-bond donors (Lipinski definition) is 1. The van der Waals surface area contributed by atoms with Gasteiger partial charge in [0.1, 0.15) is 0 Å². The zero-order valence-corrected chi connectivity index (χ0v) is 7.29. The molecule has 0 bridgehead atoms. The predicted octanol–water partition coefficient (Wildman–Crippen LogP) is 1.32. The summed E-state index contributed by atoms with van der Waals surface area (Å²) in [5.74, 6) is 0. The van der Waals surface area contributed by atoms with Crippen molar-refractivity contribution in [1.82, 2.24) is 0 Å². The van der Waals surface area contributed by atoms with Crippen molar-refractivity contribution in [1.29, 1.82) is 0 Å². The van der Waals surface area contributed by atoms with E-state index in [1.165, 1.54) is 0 Å². The Morgan fingerprint density at radius 1 is 1.42 bits per heavy atom. The Bertz CT molecular complexity index is 260. The molecule has 0 fully saturated rings. The van der Waals surface area contributed by atoms with Gasteiger partial charge in [0.15, 0.2) is 0 Å². The van der Waals surface area contributed by atoms with Gasteiger partial charge in [0.25, 0.3) is 0 Å². The number of carbonyl (C=O) groups excluding carboxylic acids is 1. The Morgan fingerprint density at radius 3 is 2.50 bits per heavy atom. The first-order valence-corrected chi connectivity index (χ1v) is 4.07. The largest absolute Gasteiger partial charge is 0.320 e. The molecule has 0 unspecified atom stereocenters. The zero-order valence-electron chi connectivity index (χ0n) is 6.53. The average Bonchev–Trinajstić information content (AvgIpc) is 2.06. The molecule has 0 spiro atoms. The van der Waals surface area contributed by atoms with Crippen LogP contribution in [0.2, 0.25) is 0 Å². The molecule has 1 aromatic carbocycles. The maximum absolute atomic E-state index is 10.6. The van der Waals surface area contributed by atoms with Crippen LogP contribution in [0.25, 0.3) is 0 Å². The van der Waals surface area contributed by atoms with E-state index in [0.717, 1.165) is 5.56 Å². The molecule has 0 amide bonds. The number of halogens is 1. The van der Waals surface area contributed by atoms with Gasteiger partial charge >= 0.3 is 0 Å². The second-order valence-corrected chi connectivity index (χ2v) is 2.97. The van der Waals surface area contributed by atoms with E-state index in [9.17, 15) is 4.79 Å². The summed E-state index contributed by atoms with van der Waals surface area (Å²) in [6, 6.07) is 8.97. The first-order chi connectivity index (χ1) is 5.70. The molecule has 0 radical (unpaired) electrons. The van der Waals surface area contributed by atoms with Crippen LogP contribution in [0.1, 0.15) is 5.56 Å². The number of rotatable bonds is 3. The van der Waals surface area contributed by atoms with Crippen LogP contribution in [0.15, 0.2) is 30.3 Å². The van der Waals surface area contributed by atoms with Gasteiger partial charge in [-0.25, -0.2) is 0 Å². The third kappa shape index (κ3) is 2.64. The monoisotopic (exact) mass is 183 g/mol. The lowest BCUT2D eigenvalue weighted by molar-refractivity contribution is -0.112. The summed E-state index contributed by atoms with van der Waals surface area (Å²) in [5.41, 5.74) is 6.49. The molecule has 1 rings (SSSR count). The highest BCUT2D eigenvalue weighted by molar-refractivity contribution is 6.64. The lowest BCUT2D eigenvalue weighted by Crippen LogP contribution is -2.29. The van der Waals surface area contributed by atoms with Crippen molar-refractivity contribution in [3.05, 3.63) is 35.9 Å². The predicted molar refractivity (Wildman–Crippen MR) is 49.0 cm³/mol. The maximum Gasteiger partial charge on any atom is 0.238 e. The van der Waals surface area contributed by atoms with E-state index in [1.807, 2.05) is 30.3 Å². The standard InChI is InChI=1S/C9H10ClNO/c10-9(12)8(11)6-7-4-2-1-3-5-7/h1-5,8H,6,11H2/t8-/m1/s1. The summed E-state index contributed by atoms with van der Waals surface area (Å²) in [7, 11) is 0. The van der Waals surface area contributed by atoms with Crippen molar-refractivity contribution < 1.29 is 4.79 Å². The Hall–Kier alpha value is -0.860. The van der Waals surface area contributed by atoms with Crippen LogP contribution >= 0.6 is 11.6 Å². The van der Waals surface area contributed by atoms with E-state index in [0.29, 0.717) is 6.42 Å². The molecule has 2 nitrogen and oxygen atoms in total. The molecule has 0 aromatic heterocycles. The van der Waals surface area contributed by atoms with Crippen molar-refractivity contribution in [3.8, 4) is 0 Å². The number of benzene rings is 1. The molecule has 2 N–H and O–H groups in total. The van der Waals surface area contributed by atoms with Gasteiger partial charge in [-0.3, -0.25) is 4.79 Å². The summed E-state index contributed by atoms with van der Waals surface area (Å²) in [4.78, 5) is 10.6. The van der Waals surface area contributed by atoms with Crippen molar-refractivity contribution >= 4 is 16.8 Å². The molecular weight excluding hydrogens is 174 g/mol. The summed E-state index contributed by atoms with van der Waals surface area (Å²) in [5, 5.41) is -0.487. The SMILES string of the molecule is N[C@H](Cc1ccccc1)C(=O)Cl. The molecular formula is C9H10ClNO. The van der Waals surface area contributed by atoms with Crippen LogP contribution in [0.4, 0.5) is 0 Å². The van der Waals surface area contributed by atoms with Gasteiger partial charge in [-0.2, -0.15) is 0 Å². The molecule has 0 aliphatic rings. The van der Waals surface area contributed by atoms with Crippen molar-refractivity contribution in [3.63, 3.8) is 0 Å². The minimum atomic E-state index is -0.589. The Balaban J connectivity index is 2.58. The minimum absolute atomic E-state index is 0.487. The molecule has 0 saturated heterocycles. The summed E-state index contributed by atoms with van der Waals surface area (Å²) in [6.07, 6.45) is 0.503. The molecule has 1 aromatic rings. The van der Waals surface area contributed by atoms with Gasteiger partial charge in [0, 0.05) is 0 Å². The highest BCUT2D eigenvalue weighted by atomic mass is 35.5. The number of carbonyl (C=O) groups is 1. The van der Waals surface area contributed by atoms with E-state index < -0.39 is 11.3 Å². The average molecular weight is 184 g/mol.